The van der Waals surface area contributed by atoms with Crippen molar-refractivity contribution < 1.29 is 9.90 Å². The van der Waals surface area contributed by atoms with Crippen molar-refractivity contribution in [2.75, 3.05) is 6.54 Å². The van der Waals surface area contributed by atoms with Crippen molar-refractivity contribution >= 4 is 5.91 Å². The molecular weight excluding hydrogens is 218 g/mol. The lowest BCUT2D eigenvalue weighted by Gasteiger charge is -2.09. The lowest BCUT2D eigenvalue weighted by atomic mass is 10.3. The molecule has 0 saturated heterocycles. The Kier molecular flexibility index (Phi) is 5.15. The fourth-order valence-electron chi connectivity index (χ4n) is 1.57. The van der Waals surface area contributed by atoms with Crippen LogP contribution in [-0.2, 0) is 11.3 Å². The SMILES string of the molecule is CCC(O)CNC(=O)CCn1nc(C)cc1C. The molecule has 1 unspecified atom stereocenters. The molecule has 1 amide bonds. The van der Waals surface area contributed by atoms with Gasteiger partial charge in [-0.3, -0.25) is 9.48 Å². The van der Waals surface area contributed by atoms with E-state index < -0.39 is 6.10 Å². The maximum Gasteiger partial charge on any atom is 0.221 e. The number of carbonyl (C=O) groups is 1. The molecule has 1 aromatic heterocycles. The van der Waals surface area contributed by atoms with E-state index in [2.05, 4.69) is 10.4 Å². The Morgan fingerprint density at radius 1 is 1.59 bits per heavy atom. The van der Waals surface area contributed by atoms with Crippen LogP contribution in [0.4, 0.5) is 0 Å². The molecule has 0 spiro atoms. The number of hydrogen-bond acceptors (Lipinski definition) is 3. The number of nitrogens with zero attached hydrogens (tertiary/aromatic N) is 2. The highest BCUT2D eigenvalue weighted by molar-refractivity contribution is 5.75. The van der Waals surface area contributed by atoms with E-state index in [0.29, 0.717) is 25.9 Å². The number of rotatable bonds is 6. The van der Waals surface area contributed by atoms with Gasteiger partial charge in [-0.2, -0.15) is 5.10 Å². The van der Waals surface area contributed by atoms with Crippen LogP contribution in [0.5, 0.6) is 0 Å². The van der Waals surface area contributed by atoms with Crippen molar-refractivity contribution in [1.29, 1.82) is 0 Å². The molecule has 0 bridgehead atoms. The number of carbonyl (C=O) groups excluding carboxylic acids is 1. The highest BCUT2D eigenvalue weighted by Gasteiger charge is 2.07. The van der Waals surface area contributed by atoms with Crippen LogP contribution in [0.2, 0.25) is 0 Å². The topological polar surface area (TPSA) is 67.2 Å². The molecule has 0 aliphatic carbocycles. The molecule has 2 N–H and O–H groups in total. The molecule has 1 rings (SSSR count). The number of hydrogen-bond donors (Lipinski definition) is 2. The van der Waals surface area contributed by atoms with Crippen molar-refractivity contribution in [3.05, 3.63) is 17.5 Å². The first kappa shape index (κ1) is 13.7. The Labute approximate surface area is 102 Å². The van der Waals surface area contributed by atoms with E-state index >= 15 is 0 Å². The lowest BCUT2D eigenvalue weighted by Crippen LogP contribution is -2.32. The summed E-state index contributed by atoms with van der Waals surface area (Å²) in [6, 6.07) is 1.98. The monoisotopic (exact) mass is 239 g/mol. The molecule has 0 aliphatic heterocycles. The van der Waals surface area contributed by atoms with E-state index in [1.165, 1.54) is 0 Å². The fourth-order valence-corrected chi connectivity index (χ4v) is 1.57. The minimum Gasteiger partial charge on any atom is -0.391 e. The van der Waals surface area contributed by atoms with Crippen molar-refractivity contribution in [3.63, 3.8) is 0 Å². The Morgan fingerprint density at radius 2 is 2.29 bits per heavy atom. The highest BCUT2D eigenvalue weighted by atomic mass is 16.3. The summed E-state index contributed by atoms with van der Waals surface area (Å²) in [5.41, 5.74) is 2.02. The Bertz CT molecular complexity index is 374. The van der Waals surface area contributed by atoms with Gasteiger partial charge in [-0.25, -0.2) is 0 Å². The molecular formula is C12H21N3O2. The van der Waals surface area contributed by atoms with E-state index in [-0.39, 0.29) is 5.91 Å². The maximum absolute atomic E-state index is 11.5. The first-order valence-electron chi connectivity index (χ1n) is 5.98. The molecule has 0 radical (unpaired) electrons. The largest absolute Gasteiger partial charge is 0.391 e. The molecule has 5 nitrogen and oxygen atoms in total. The predicted molar refractivity (Wildman–Crippen MR) is 65.6 cm³/mol. The third-order valence-corrected chi connectivity index (χ3v) is 2.66. The number of aliphatic hydroxyl groups is 1. The number of amides is 1. The summed E-state index contributed by atoms with van der Waals surface area (Å²) in [5.74, 6) is -0.0509. The van der Waals surface area contributed by atoms with E-state index in [1.807, 2.05) is 31.5 Å². The maximum atomic E-state index is 11.5. The van der Waals surface area contributed by atoms with E-state index in [1.54, 1.807) is 0 Å². The van der Waals surface area contributed by atoms with Crippen molar-refractivity contribution in [1.82, 2.24) is 15.1 Å². The molecule has 17 heavy (non-hydrogen) atoms. The second-order valence-electron chi connectivity index (χ2n) is 4.27. The molecule has 0 aromatic carbocycles. The fraction of sp³-hybridized carbons (Fsp3) is 0.667. The molecule has 1 aromatic rings. The highest BCUT2D eigenvalue weighted by Crippen LogP contribution is 2.02. The molecule has 96 valence electrons. The first-order valence-corrected chi connectivity index (χ1v) is 5.98. The number of nitrogens with one attached hydrogen (secondary N) is 1. The predicted octanol–water partition coefficient (Wildman–Crippen LogP) is 0.777. The van der Waals surface area contributed by atoms with Gasteiger partial charge < -0.3 is 10.4 Å². The molecule has 1 atom stereocenters. The normalized spacial score (nSPS) is 12.5. The Hall–Kier alpha value is -1.36. The summed E-state index contributed by atoms with van der Waals surface area (Å²) in [7, 11) is 0. The van der Waals surface area contributed by atoms with Gasteiger partial charge in [-0.05, 0) is 26.3 Å². The third-order valence-electron chi connectivity index (χ3n) is 2.66. The van der Waals surface area contributed by atoms with Crippen LogP contribution in [0.1, 0.15) is 31.2 Å². The third kappa shape index (κ3) is 4.56. The van der Waals surface area contributed by atoms with Crippen LogP contribution in [0, 0.1) is 13.8 Å². The van der Waals surface area contributed by atoms with Gasteiger partial charge in [0.05, 0.1) is 11.8 Å². The average molecular weight is 239 g/mol. The summed E-state index contributed by atoms with van der Waals surface area (Å²) in [4.78, 5) is 11.5. The zero-order valence-corrected chi connectivity index (χ0v) is 10.7. The molecule has 0 aliphatic rings. The van der Waals surface area contributed by atoms with Gasteiger partial charge in [0.1, 0.15) is 0 Å². The van der Waals surface area contributed by atoms with Gasteiger partial charge in [0.25, 0.3) is 0 Å². The van der Waals surface area contributed by atoms with Gasteiger partial charge in [-0.15, -0.1) is 0 Å². The van der Waals surface area contributed by atoms with Gasteiger partial charge >= 0.3 is 0 Å². The number of aliphatic hydroxyl groups excluding tert-OH is 1. The molecule has 5 heteroatoms. The molecule has 0 saturated carbocycles. The standard InChI is InChI=1S/C12H21N3O2/c1-4-11(16)8-13-12(17)5-6-15-10(3)7-9(2)14-15/h7,11,16H,4-6,8H2,1-3H3,(H,13,17). The molecule has 0 fully saturated rings. The van der Waals surface area contributed by atoms with Gasteiger partial charge in [0.2, 0.25) is 5.91 Å². The first-order chi connectivity index (χ1) is 8.02. The Balaban J connectivity index is 2.31. The van der Waals surface area contributed by atoms with Gasteiger partial charge in [0, 0.05) is 25.2 Å². The van der Waals surface area contributed by atoms with Crippen LogP contribution in [0.3, 0.4) is 0 Å². The Morgan fingerprint density at radius 3 is 2.82 bits per heavy atom. The van der Waals surface area contributed by atoms with Gasteiger partial charge in [0.15, 0.2) is 0 Å². The van der Waals surface area contributed by atoms with E-state index in [4.69, 9.17) is 0 Å². The number of aryl methyl sites for hydroxylation is 3. The van der Waals surface area contributed by atoms with Crippen LogP contribution < -0.4 is 5.32 Å². The lowest BCUT2D eigenvalue weighted by molar-refractivity contribution is -0.121. The van der Waals surface area contributed by atoms with Crippen LogP contribution >= 0.6 is 0 Å². The van der Waals surface area contributed by atoms with Crippen LogP contribution in [0.25, 0.3) is 0 Å². The van der Waals surface area contributed by atoms with E-state index in [0.717, 1.165) is 11.4 Å². The zero-order valence-electron chi connectivity index (χ0n) is 10.7. The number of aromatic nitrogens is 2. The molecule has 1 heterocycles. The van der Waals surface area contributed by atoms with Crippen molar-refractivity contribution in [3.8, 4) is 0 Å². The minimum atomic E-state index is -0.451. The van der Waals surface area contributed by atoms with Crippen LogP contribution in [0.15, 0.2) is 6.07 Å². The zero-order chi connectivity index (χ0) is 12.8. The van der Waals surface area contributed by atoms with Crippen molar-refractivity contribution in [2.45, 2.75) is 46.3 Å². The summed E-state index contributed by atoms with van der Waals surface area (Å²) in [5, 5.41) is 16.3. The summed E-state index contributed by atoms with van der Waals surface area (Å²) in [6.07, 6.45) is 0.587. The smallest absolute Gasteiger partial charge is 0.221 e. The van der Waals surface area contributed by atoms with Crippen LogP contribution in [-0.4, -0.2) is 33.4 Å². The minimum absolute atomic E-state index is 0.0509. The van der Waals surface area contributed by atoms with Gasteiger partial charge in [-0.1, -0.05) is 6.92 Å². The van der Waals surface area contributed by atoms with Crippen molar-refractivity contribution in [2.24, 2.45) is 0 Å². The summed E-state index contributed by atoms with van der Waals surface area (Å²) >= 11 is 0. The second-order valence-corrected chi connectivity index (χ2v) is 4.27. The second kappa shape index (κ2) is 6.39. The van der Waals surface area contributed by atoms with E-state index in [9.17, 15) is 9.90 Å². The summed E-state index contributed by atoms with van der Waals surface area (Å²) < 4.78 is 1.82. The average Bonchev–Trinajstić information content (AvgIpc) is 2.62. The quantitative estimate of drug-likeness (QED) is 0.770. The summed E-state index contributed by atoms with van der Waals surface area (Å²) in [6.45, 7) is 6.69.